The predicted molar refractivity (Wildman–Crippen MR) is 49.6 cm³/mol. The van der Waals surface area contributed by atoms with Crippen molar-refractivity contribution in [1.82, 2.24) is 9.97 Å². The second kappa shape index (κ2) is 3.02. The molecule has 6 heteroatoms. The SMILES string of the molecule is O=c1[nH]c2c(c(=O)[nH]1)C[C@@H](CBr)O2. The molecular formula is C7H7BrN2O3. The van der Waals surface area contributed by atoms with Crippen LogP contribution >= 0.6 is 15.9 Å². The first-order valence-corrected chi connectivity index (χ1v) is 4.91. The Morgan fingerprint density at radius 1 is 1.46 bits per heavy atom. The van der Waals surface area contributed by atoms with Crippen molar-refractivity contribution >= 4 is 15.9 Å². The highest BCUT2D eigenvalue weighted by Crippen LogP contribution is 2.22. The van der Waals surface area contributed by atoms with E-state index in [0.29, 0.717) is 23.2 Å². The van der Waals surface area contributed by atoms with E-state index in [1.165, 1.54) is 0 Å². The van der Waals surface area contributed by atoms with Crippen LogP contribution in [0.25, 0.3) is 0 Å². The molecule has 0 spiro atoms. The van der Waals surface area contributed by atoms with Gasteiger partial charge in [-0.15, -0.1) is 0 Å². The maximum atomic E-state index is 11.2. The van der Waals surface area contributed by atoms with Gasteiger partial charge in [0.15, 0.2) is 0 Å². The van der Waals surface area contributed by atoms with Gasteiger partial charge in [-0.3, -0.25) is 14.8 Å². The predicted octanol–water partition coefficient (Wildman–Crippen LogP) is -0.238. The lowest BCUT2D eigenvalue weighted by atomic mass is 10.2. The van der Waals surface area contributed by atoms with E-state index in [9.17, 15) is 9.59 Å². The molecule has 1 aliphatic rings. The molecule has 13 heavy (non-hydrogen) atoms. The smallest absolute Gasteiger partial charge is 0.328 e. The van der Waals surface area contributed by atoms with E-state index in [2.05, 4.69) is 25.9 Å². The fourth-order valence-corrected chi connectivity index (χ4v) is 1.66. The molecule has 5 nitrogen and oxygen atoms in total. The third kappa shape index (κ3) is 1.41. The van der Waals surface area contributed by atoms with Crippen LogP contribution in [0.4, 0.5) is 0 Å². The Kier molecular flexibility index (Phi) is 1.99. The van der Waals surface area contributed by atoms with Gasteiger partial charge in [0.05, 0.1) is 5.56 Å². The van der Waals surface area contributed by atoms with Gasteiger partial charge in [0.2, 0.25) is 5.88 Å². The number of ether oxygens (including phenoxy) is 1. The van der Waals surface area contributed by atoms with Crippen molar-refractivity contribution in [1.29, 1.82) is 0 Å². The number of H-pyrrole nitrogens is 2. The summed E-state index contributed by atoms with van der Waals surface area (Å²) >= 11 is 3.25. The number of nitrogens with one attached hydrogen (secondary N) is 2. The molecule has 0 unspecified atom stereocenters. The summed E-state index contributed by atoms with van der Waals surface area (Å²) in [6.07, 6.45) is 0.473. The lowest BCUT2D eigenvalue weighted by molar-refractivity contribution is 0.251. The van der Waals surface area contributed by atoms with Crippen LogP contribution in [0.2, 0.25) is 0 Å². The van der Waals surface area contributed by atoms with Gasteiger partial charge in [-0.05, 0) is 0 Å². The van der Waals surface area contributed by atoms with Crippen LogP contribution in [-0.4, -0.2) is 21.4 Å². The molecule has 1 aromatic rings. The van der Waals surface area contributed by atoms with Crippen molar-refractivity contribution < 1.29 is 4.74 Å². The average molecular weight is 247 g/mol. The maximum absolute atomic E-state index is 11.2. The molecule has 2 heterocycles. The van der Waals surface area contributed by atoms with Crippen LogP contribution in [0.5, 0.6) is 5.88 Å². The number of hydrogen-bond acceptors (Lipinski definition) is 3. The Balaban J connectivity index is 2.52. The normalized spacial score (nSPS) is 19.6. The van der Waals surface area contributed by atoms with Gasteiger partial charge in [-0.2, -0.15) is 0 Å². The topological polar surface area (TPSA) is 75.0 Å². The zero-order chi connectivity index (χ0) is 9.42. The van der Waals surface area contributed by atoms with Gasteiger partial charge < -0.3 is 4.74 Å². The van der Waals surface area contributed by atoms with Crippen LogP contribution in [0.1, 0.15) is 5.56 Å². The molecule has 70 valence electrons. The van der Waals surface area contributed by atoms with Crippen LogP contribution in [0.3, 0.4) is 0 Å². The van der Waals surface area contributed by atoms with Crippen molar-refractivity contribution in [3.8, 4) is 5.88 Å². The molecule has 0 saturated carbocycles. The minimum absolute atomic E-state index is 0.0610. The third-order valence-corrected chi connectivity index (χ3v) is 2.61. The van der Waals surface area contributed by atoms with E-state index in [0.717, 1.165) is 0 Å². The first kappa shape index (κ1) is 8.55. The van der Waals surface area contributed by atoms with Gasteiger partial charge in [0, 0.05) is 11.8 Å². The molecule has 0 aromatic carbocycles. The number of aromatic nitrogens is 2. The van der Waals surface area contributed by atoms with Crippen LogP contribution in [-0.2, 0) is 6.42 Å². The minimum atomic E-state index is -0.529. The average Bonchev–Trinajstić information content (AvgIpc) is 2.47. The largest absolute Gasteiger partial charge is 0.474 e. The van der Waals surface area contributed by atoms with E-state index in [-0.39, 0.29) is 11.7 Å². The zero-order valence-corrected chi connectivity index (χ0v) is 8.18. The highest BCUT2D eigenvalue weighted by molar-refractivity contribution is 9.09. The second-order valence-electron chi connectivity index (χ2n) is 2.81. The molecule has 0 saturated heterocycles. The van der Waals surface area contributed by atoms with E-state index in [1.54, 1.807) is 0 Å². The minimum Gasteiger partial charge on any atom is -0.474 e. The first-order valence-electron chi connectivity index (χ1n) is 3.79. The van der Waals surface area contributed by atoms with Crippen LogP contribution in [0, 0.1) is 0 Å². The molecule has 0 amide bonds. The first-order chi connectivity index (χ1) is 6.20. The number of aromatic amines is 2. The van der Waals surface area contributed by atoms with Gasteiger partial charge in [-0.1, -0.05) is 15.9 Å². The summed E-state index contributed by atoms with van der Waals surface area (Å²) in [4.78, 5) is 26.7. The van der Waals surface area contributed by atoms with Crippen LogP contribution in [0.15, 0.2) is 9.59 Å². The number of alkyl halides is 1. The summed E-state index contributed by atoms with van der Waals surface area (Å²) in [7, 11) is 0. The van der Waals surface area contributed by atoms with Gasteiger partial charge in [0.25, 0.3) is 5.56 Å². The van der Waals surface area contributed by atoms with Crippen molar-refractivity contribution in [2.45, 2.75) is 12.5 Å². The Hall–Kier alpha value is -1.04. The van der Waals surface area contributed by atoms with Gasteiger partial charge in [0.1, 0.15) is 6.10 Å². The summed E-state index contributed by atoms with van der Waals surface area (Å²) in [5, 5.41) is 0.642. The van der Waals surface area contributed by atoms with Gasteiger partial charge in [-0.25, -0.2) is 4.79 Å². The van der Waals surface area contributed by atoms with Crippen molar-refractivity contribution in [2.75, 3.05) is 5.33 Å². The molecule has 2 N–H and O–H groups in total. The summed E-state index contributed by atoms with van der Waals surface area (Å²) in [5.74, 6) is 0.304. The number of halogens is 1. The Morgan fingerprint density at radius 3 is 2.92 bits per heavy atom. The lowest BCUT2D eigenvalue weighted by Gasteiger charge is -2.03. The molecule has 1 aromatic heterocycles. The van der Waals surface area contributed by atoms with Gasteiger partial charge >= 0.3 is 5.69 Å². The van der Waals surface area contributed by atoms with Crippen molar-refractivity contribution in [3.05, 3.63) is 26.4 Å². The summed E-state index contributed by atoms with van der Waals surface area (Å²) in [5.41, 5.74) is -0.370. The van der Waals surface area contributed by atoms with Crippen molar-refractivity contribution in [3.63, 3.8) is 0 Å². The lowest BCUT2D eigenvalue weighted by Crippen LogP contribution is -2.23. The molecule has 2 rings (SSSR count). The van der Waals surface area contributed by atoms with E-state index >= 15 is 0 Å². The monoisotopic (exact) mass is 246 g/mol. The highest BCUT2D eigenvalue weighted by Gasteiger charge is 2.25. The Labute approximate surface area is 81.3 Å². The number of fused-ring (bicyclic) bond motifs is 1. The maximum Gasteiger partial charge on any atom is 0.328 e. The molecule has 1 aliphatic heterocycles. The Bertz CT molecular complexity index is 436. The Morgan fingerprint density at radius 2 is 2.23 bits per heavy atom. The standard InChI is InChI=1S/C7H7BrN2O3/c8-2-3-1-4-5(11)9-7(12)10-6(4)13-3/h3H,1-2H2,(H2,9,10,11,12)/t3-/m0/s1. The molecule has 1 atom stereocenters. The third-order valence-electron chi connectivity index (χ3n) is 1.89. The van der Waals surface area contributed by atoms with E-state index < -0.39 is 5.69 Å². The molecule has 0 bridgehead atoms. The zero-order valence-electron chi connectivity index (χ0n) is 6.59. The highest BCUT2D eigenvalue weighted by atomic mass is 79.9. The fraction of sp³-hybridized carbons (Fsp3) is 0.429. The number of rotatable bonds is 1. The molecule has 0 fully saturated rings. The van der Waals surface area contributed by atoms with E-state index in [1.807, 2.05) is 0 Å². The van der Waals surface area contributed by atoms with Crippen LogP contribution < -0.4 is 16.0 Å². The fourth-order valence-electron chi connectivity index (χ4n) is 1.30. The quantitative estimate of drug-likeness (QED) is 0.672. The molecular weight excluding hydrogens is 240 g/mol. The van der Waals surface area contributed by atoms with Crippen molar-refractivity contribution in [2.24, 2.45) is 0 Å². The molecule has 0 aliphatic carbocycles. The second-order valence-corrected chi connectivity index (χ2v) is 3.46. The number of hydrogen-bond donors (Lipinski definition) is 2. The summed E-state index contributed by atoms with van der Waals surface area (Å²) < 4.78 is 5.30. The summed E-state index contributed by atoms with van der Waals surface area (Å²) in [6, 6.07) is 0. The van der Waals surface area contributed by atoms with E-state index in [4.69, 9.17) is 4.74 Å². The summed E-state index contributed by atoms with van der Waals surface area (Å²) in [6.45, 7) is 0. The molecule has 0 radical (unpaired) electrons.